The standard InChI is InChI=1S/C16H15Cl2FN2O3/c17-12-3-1-10(7-13(12)18)20-5-6-21-16(23)9-24-11-2-4-15(22)14(19)8-11/h1-4,7-8,20,22H,5-6,9H2,(H,21,23). The van der Waals surface area contributed by atoms with Crippen molar-refractivity contribution in [2.45, 2.75) is 0 Å². The number of carbonyl (C=O) groups is 1. The molecule has 3 N–H and O–H groups in total. The topological polar surface area (TPSA) is 70.6 Å². The fourth-order valence-corrected chi connectivity index (χ4v) is 2.09. The fourth-order valence-electron chi connectivity index (χ4n) is 1.79. The highest BCUT2D eigenvalue weighted by Gasteiger charge is 2.05. The number of phenolic OH excluding ortho intramolecular Hbond substituents is 1. The molecule has 0 aliphatic rings. The molecular weight excluding hydrogens is 358 g/mol. The van der Waals surface area contributed by atoms with Crippen molar-refractivity contribution < 1.29 is 19.0 Å². The molecule has 5 nitrogen and oxygen atoms in total. The molecule has 2 aromatic rings. The average molecular weight is 373 g/mol. The Hall–Kier alpha value is -2.18. The van der Waals surface area contributed by atoms with Gasteiger partial charge < -0.3 is 20.5 Å². The number of hydrogen-bond donors (Lipinski definition) is 3. The summed E-state index contributed by atoms with van der Waals surface area (Å²) in [5.74, 6) is -1.47. The van der Waals surface area contributed by atoms with Crippen LogP contribution in [0.1, 0.15) is 0 Å². The highest BCUT2D eigenvalue weighted by Crippen LogP contribution is 2.24. The van der Waals surface area contributed by atoms with Crippen LogP contribution in [0.5, 0.6) is 11.5 Å². The first-order valence-corrected chi connectivity index (χ1v) is 7.78. The number of ether oxygens (including phenoxy) is 1. The molecular formula is C16H15Cl2FN2O3. The molecule has 128 valence electrons. The summed E-state index contributed by atoms with van der Waals surface area (Å²) < 4.78 is 18.2. The van der Waals surface area contributed by atoms with Crippen molar-refractivity contribution in [2.75, 3.05) is 25.0 Å². The minimum absolute atomic E-state index is 0.161. The number of rotatable bonds is 7. The number of phenols is 1. The van der Waals surface area contributed by atoms with Gasteiger partial charge in [0.05, 0.1) is 10.0 Å². The second-order valence-electron chi connectivity index (χ2n) is 4.81. The smallest absolute Gasteiger partial charge is 0.258 e. The van der Waals surface area contributed by atoms with E-state index in [-0.39, 0.29) is 18.3 Å². The van der Waals surface area contributed by atoms with Crippen LogP contribution in [0.3, 0.4) is 0 Å². The van der Waals surface area contributed by atoms with Crippen molar-refractivity contribution in [1.82, 2.24) is 5.32 Å². The Kier molecular flexibility index (Phi) is 6.52. The van der Waals surface area contributed by atoms with E-state index in [1.165, 1.54) is 6.07 Å². The molecule has 0 aliphatic heterocycles. The van der Waals surface area contributed by atoms with Gasteiger partial charge in [-0.2, -0.15) is 0 Å². The monoisotopic (exact) mass is 372 g/mol. The van der Waals surface area contributed by atoms with E-state index in [9.17, 15) is 9.18 Å². The van der Waals surface area contributed by atoms with Crippen LogP contribution in [0.2, 0.25) is 10.0 Å². The molecule has 1 amide bonds. The highest BCUT2D eigenvalue weighted by atomic mass is 35.5. The Bertz CT molecular complexity index is 728. The normalized spacial score (nSPS) is 10.3. The van der Waals surface area contributed by atoms with Gasteiger partial charge in [0.25, 0.3) is 5.91 Å². The number of benzene rings is 2. The predicted molar refractivity (Wildman–Crippen MR) is 91.5 cm³/mol. The van der Waals surface area contributed by atoms with Crippen LogP contribution in [0.25, 0.3) is 0 Å². The summed E-state index contributed by atoms with van der Waals surface area (Å²) in [7, 11) is 0. The molecule has 0 aliphatic carbocycles. The maximum atomic E-state index is 13.1. The van der Waals surface area contributed by atoms with E-state index in [0.29, 0.717) is 23.1 Å². The summed E-state index contributed by atoms with van der Waals surface area (Å²) in [4.78, 5) is 11.6. The summed E-state index contributed by atoms with van der Waals surface area (Å²) in [5.41, 5.74) is 0.787. The van der Waals surface area contributed by atoms with E-state index in [4.69, 9.17) is 33.0 Å². The van der Waals surface area contributed by atoms with Gasteiger partial charge in [-0.05, 0) is 30.3 Å². The second kappa shape index (κ2) is 8.61. The molecule has 0 fully saturated rings. The molecule has 8 heteroatoms. The van der Waals surface area contributed by atoms with E-state index >= 15 is 0 Å². The maximum absolute atomic E-state index is 13.1. The van der Waals surface area contributed by atoms with Crippen LogP contribution >= 0.6 is 23.2 Å². The molecule has 0 radical (unpaired) electrons. The lowest BCUT2D eigenvalue weighted by Crippen LogP contribution is -2.32. The van der Waals surface area contributed by atoms with E-state index in [1.54, 1.807) is 18.2 Å². The van der Waals surface area contributed by atoms with Crippen LogP contribution in [0.4, 0.5) is 10.1 Å². The van der Waals surface area contributed by atoms with Crippen molar-refractivity contribution >= 4 is 34.8 Å². The minimum atomic E-state index is -0.807. The van der Waals surface area contributed by atoms with E-state index in [1.807, 2.05) is 0 Å². The molecule has 0 bridgehead atoms. The quantitative estimate of drug-likeness (QED) is 0.651. The second-order valence-corrected chi connectivity index (χ2v) is 5.62. The van der Waals surface area contributed by atoms with Gasteiger partial charge in [-0.1, -0.05) is 23.2 Å². The molecule has 24 heavy (non-hydrogen) atoms. The van der Waals surface area contributed by atoms with Gasteiger partial charge in [0.2, 0.25) is 0 Å². The van der Waals surface area contributed by atoms with Crippen molar-refractivity contribution in [1.29, 1.82) is 0 Å². The lowest BCUT2D eigenvalue weighted by Gasteiger charge is -2.10. The third kappa shape index (κ3) is 5.47. The van der Waals surface area contributed by atoms with Crippen molar-refractivity contribution in [3.63, 3.8) is 0 Å². The van der Waals surface area contributed by atoms with E-state index in [0.717, 1.165) is 17.8 Å². The molecule has 0 spiro atoms. The van der Waals surface area contributed by atoms with Gasteiger partial charge in [0, 0.05) is 24.8 Å². The molecule has 0 aromatic heterocycles. The molecule has 0 atom stereocenters. The van der Waals surface area contributed by atoms with Gasteiger partial charge in [0.1, 0.15) is 5.75 Å². The number of halogens is 3. The minimum Gasteiger partial charge on any atom is -0.505 e. The Morgan fingerprint density at radius 2 is 1.92 bits per heavy atom. The zero-order valence-electron chi connectivity index (χ0n) is 12.5. The van der Waals surface area contributed by atoms with Crippen molar-refractivity contribution in [3.05, 3.63) is 52.3 Å². The molecule has 0 saturated heterocycles. The van der Waals surface area contributed by atoms with Crippen LogP contribution in [0, 0.1) is 5.82 Å². The molecule has 0 heterocycles. The first kappa shape index (κ1) is 18.2. The summed E-state index contributed by atoms with van der Waals surface area (Å²) in [6, 6.07) is 8.68. The highest BCUT2D eigenvalue weighted by molar-refractivity contribution is 6.42. The largest absolute Gasteiger partial charge is 0.505 e. The first-order chi connectivity index (χ1) is 11.5. The molecule has 2 rings (SSSR count). The third-order valence-corrected chi connectivity index (χ3v) is 3.72. The zero-order valence-corrected chi connectivity index (χ0v) is 14.0. The van der Waals surface area contributed by atoms with Crippen LogP contribution in [-0.4, -0.2) is 30.7 Å². The number of hydrogen-bond acceptors (Lipinski definition) is 4. The Labute approximate surface area is 148 Å². The zero-order chi connectivity index (χ0) is 17.5. The van der Waals surface area contributed by atoms with Crippen LogP contribution in [-0.2, 0) is 4.79 Å². The SMILES string of the molecule is O=C(COc1ccc(O)c(F)c1)NCCNc1ccc(Cl)c(Cl)c1. The lowest BCUT2D eigenvalue weighted by atomic mass is 10.3. The summed E-state index contributed by atoms with van der Waals surface area (Å²) in [6.07, 6.45) is 0. The maximum Gasteiger partial charge on any atom is 0.258 e. The van der Waals surface area contributed by atoms with Crippen LogP contribution in [0.15, 0.2) is 36.4 Å². The number of amides is 1. The van der Waals surface area contributed by atoms with Crippen LogP contribution < -0.4 is 15.4 Å². The van der Waals surface area contributed by atoms with Crippen molar-refractivity contribution in [2.24, 2.45) is 0 Å². The number of carbonyl (C=O) groups excluding carboxylic acids is 1. The summed E-state index contributed by atoms with van der Waals surface area (Å²) >= 11 is 11.7. The first-order valence-electron chi connectivity index (χ1n) is 7.02. The molecule has 0 saturated carbocycles. The van der Waals surface area contributed by atoms with Gasteiger partial charge in [-0.3, -0.25) is 4.79 Å². The van der Waals surface area contributed by atoms with Gasteiger partial charge >= 0.3 is 0 Å². The summed E-state index contributed by atoms with van der Waals surface area (Å²) in [5, 5.41) is 15.7. The van der Waals surface area contributed by atoms with Gasteiger partial charge in [0.15, 0.2) is 18.2 Å². The average Bonchev–Trinajstić information content (AvgIpc) is 2.56. The summed E-state index contributed by atoms with van der Waals surface area (Å²) in [6.45, 7) is 0.598. The third-order valence-electron chi connectivity index (χ3n) is 2.98. The number of anilines is 1. The van der Waals surface area contributed by atoms with Gasteiger partial charge in [-0.25, -0.2) is 4.39 Å². The Balaban J connectivity index is 1.67. The van der Waals surface area contributed by atoms with E-state index < -0.39 is 11.6 Å². The Morgan fingerprint density at radius 3 is 2.62 bits per heavy atom. The predicted octanol–water partition coefficient (Wildman–Crippen LogP) is 3.45. The number of aromatic hydroxyl groups is 1. The molecule has 2 aromatic carbocycles. The molecule has 0 unspecified atom stereocenters. The van der Waals surface area contributed by atoms with Gasteiger partial charge in [-0.15, -0.1) is 0 Å². The number of nitrogens with one attached hydrogen (secondary N) is 2. The Morgan fingerprint density at radius 1 is 1.12 bits per heavy atom. The van der Waals surface area contributed by atoms with E-state index in [2.05, 4.69) is 10.6 Å². The van der Waals surface area contributed by atoms with Crippen molar-refractivity contribution in [3.8, 4) is 11.5 Å². The lowest BCUT2D eigenvalue weighted by molar-refractivity contribution is -0.123. The fraction of sp³-hybridized carbons (Fsp3) is 0.188.